The third-order valence-electron chi connectivity index (χ3n) is 4.54. The predicted octanol–water partition coefficient (Wildman–Crippen LogP) is 4.12. The Morgan fingerprint density at radius 3 is 2.40 bits per heavy atom. The molecule has 0 unspecified atom stereocenters. The number of amides is 2. The van der Waals surface area contributed by atoms with Crippen molar-refractivity contribution >= 4 is 11.8 Å². The summed E-state index contributed by atoms with van der Waals surface area (Å²) >= 11 is 0. The van der Waals surface area contributed by atoms with Crippen LogP contribution >= 0.6 is 0 Å². The van der Waals surface area contributed by atoms with E-state index in [2.05, 4.69) is 24.5 Å². The van der Waals surface area contributed by atoms with Crippen molar-refractivity contribution in [3.05, 3.63) is 59.7 Å². The Hall–Kier alpha value is -3.02. The molecule has 2 aromatic rings. The van der Waals surface area contributed by atoms with Gasteiger partial charge in [0.2, 0.25) is 5.91 Å². The zero-order chi connectivity index (χ0) is 21.9. The van der Waals surface area contributed by atoms with Gasteiger partial charge in [-0.3, -0.25) is 9.59 Å². The van der Waals surface area contributed by atoms with E-state index in [4.69, 9.17) is 9.47 Å². The minimum Gasteiger partial charge on any atom is -0.493 e. The van der Waals surface area contributed by atoms with Crippen LogP contribution in [0.1, 0.15) is 55.6 Å². The highest BCUT2D eigenvalue weighted by molar-refractivity contribution is 5.94. The molecule has 0 fully saturated rings. The molecule has 6 nitrogen and oxygen atoms in total. The highest BCUT2D eigenvalue weighted by atomic mass is 16.5. The van der Waals surface area contributed by atoms with Crippen LogP contribution in [-0.4, -0.2) is 32.1 Å². The summed E-state index contributed by atoms with van der Waals surface area (Å²) in [5, 5.41) is 5.82. The van der Waals surface area contributed by atoms with Crippen LogP contribution < -0.4 is 20.1 Å². The minimum atomic E-state index is -0.163. The predicted molar refractivity (Wildman–Crippen MR) is 118 cm³/mol. The molecule has 6 heteroatoms. The van der Waals surface area contributed by atoms with Gasteiger partial charge in [0, 0.05) is 18.5 Å². The van der Waals surface area contributed by atoms with Crippen molar-refractivity contribution in [3.63, 3.8) is 0 Å². The van der Waals surface area contributed by atoms with E-state index in [0.717, 1.165) is 5.56 Å². The Morgan fingerprint density at radius 1 is 1.00 bits per heavy atom. The van der Waals surface area contributed by atoms with E-state index in [0.29, 0.717) is 49.0 Å². The summed E-state index contributed by atoms with van der Waals surface area (Å²) in [5.74, 6) is 1.58. The smallest absolute Gasteiger partial charge is 0.251 e. The van der Waals surface area contributed by atoms with Crippen LogP contribution in [0.4, 0.5) is 0 Å². The quantitative estimate of drug-likeness (QED) is 0.545. The second-order valence-electron chi connectivity index (χ2n) is 7.63. The normalized spacial score (nSPS) is 11.6. The Kier molecular flexibility index (Phi) is 9.19. The monoisotopic (exact) mass is 412 g/mol. The lowest BCUT2D eigenvalue weighted by Crippen LogP contribution is -2.29. The lowest BCUT2D eigenvalue weighted by atomic mass is 10.1. The van der Waals surface area contributed by atoms with Crippen LogP contribution in [0.3, 0.4) is 0 Å². The van der Waals surface area contributed by atoms with Gasteiger partial charge in [-0.2, -0.15) is 0 Å². The molecule has 0 spiro atoms. The first-order chi connectivity index (χ1) is 14.4. The highest BCUT2D eigenvalue weighted by Crippen LogP contribution is 2.30. The number of carbonyl (C=O) groups is 2. The molecule has 0 aliphatic heterocycles. The van der Waals surface area contributed by atoms with E-state index >= 15 is 0 Å². The lowest BCUT2D eigenvalue weighted by molar-refractivity contribution is -0.121. The number of benzene rings is 2. The van der Waals surface area contributed by atoms with Crippen LogP contribution in [0.2, 0.25) is 0 Å². The van der Waals surface area contributed by atoms with Gasteiger partial charge in [-0.15, -0.1) is 0 Å². The first-order valence-corrected chi connectivity index (χ1v) is 10.3. The SMILES string of the molecule is COc1cc([C@H](C)NC(=O)CCCNC(=O)c2ccccc2)ccc1OCC(C)C. The Morgan fingerprint density at radius 2 is 1.73 bits per heavy atom. The molecular weight excluding hydrogens is 380 g/mol. The molecular formula is C24H32N2O4. The van der Waals surface area contributed by atoms with Crippen LogP contribution in [0.5, 0.6) is 11.5 Å². The van der Waals surface area contributed by atoms with Gasteiger partial charge in [0.25, 0.3) is 5.91 Å². The van der Waals surface area contributed by atoms with Gasteiger partial charge < -0.3 is 20.1 Å². The number of hydrogen-bond donors (Lipinski definition) is 2. The number of hydrogen-bond acceptors (Lipinski definition) is 4. The summed E-state index contributed by atoms with van der Waals surface area (Å²) in [6.07, 6.45) is 0.911. The molecule has 0 bridgehead atoms. The Labute approximate surface area is 179 Å². The van der Waals surface area contributed by atoms with E-state index in [1.54, 1.807) is 19.2 Å². The van der Waals surface area contributed by atoms with E-state index < -0.39 is 0 Å². The van der Waals surface area contributed by atoms with Crippen molar-refractivity contribution in [2.45, 2.75) is 39.7 Å². The number of nitrogens with one attached hydrogen (secondary N) is 2. The van der Waals surface area contributed by atoms with Crippen molar-refractivity contribution in [3.8, 4) is 11.5 Å². The van der Waals surface area contributed by atoms with E-state index in [9.17, 15) is 9.59 Å². The fourth-order valence-corrected chi connectivity index (χ4v) is 2.87. The van der Waals surface area contributed by atoms with Gasteiger partial charge in [0.05, 0.1) is 19.8 Å². The molecule has 0 heterocycles. The van der Waals surface area contributed by atoms with Crippen molar-refractivity contribution < 1.29 is 19.1 Å². The van der Waals surface area contributed by atoms with Gasteiger partial charge >= 0.3 is 0 Å². The molecule has 0 radical (unpaired) electrons. The molecule has 0 aliphatic carbocycles. The van der Waals surface area contributed by atoms with Crippen LogP contribution in [-0.2, 0) is 4.79 Å². The Bertz CT molecular complexity index is 821. The number of rotatable bonds is 11. The summed E-state index contributed by atoms with van der Waals surface area (Å²) in [6, 6.07) is 14.6. The van der Waals surface area contributed by atoms with Crippen LogP contribution in [0.25, 0.3) is 0 Å². The number of ether oxygens (including phenoxy) is 2. The largest absolute Gasteiger partial charge is 0.493 e. The molecule has 0 aromatic heterocycles. The van der Waals surface area contributed by atoms with Gasteiger partial charge in [-0.1, -0.05) is 38.1 Å². The molecule has 0 saturated heterocycles. The van der Waals surface area contributed by atoms with E-state index in [-0.39, 0.29) is 17.9 Å². The first-order valence-electron chi connectivity index (χ1n) is 10.3. The molecule has 2 amide bonds. The second-order valence-corrected chi connectivity index (χ2v) is 7.63. The van der Waals surface area contributed by atoms with Crippen molar-refractivity contribution in [2.24, 2.45) is 5.92 Å². The fraction of sp³-hybridized carbons (Fsp3) is 0.417. The van der Waals surface area contributed by atoms with Crippen molar-refractivity contribution in [2.75, 3.05) is 20.3 Å². The van der Waals surface area contributed by atoms with Crippen LogP contribution in [0.15, 0.2) is 48.5 Å². The number of carbonyl (C=O) groups excluding carboxylic acids is 2. The zero-order valence-electron chi connectivity index (χ0n) is 18.2. The molecule has 30 heavy (non-hydrogen) atoms. The molecule has 0 saturated carbocycles. The van der Waals surface area contributed by atoms with Gasteiger partial charge in [-0.25, -0.2) is 0 Å². The maximum Gasteiger partial charge on any atom is 0.251 e. The van der Waals surface area contributed by atoms with E-state index in [1.165, 1.54) is 0 Å². The number of methoxy groups -OCH3 is 1. The summed E-state index contributed by atoms with van der Waals surface area (Å²) in [7, 11) is 1.61. The summed E-state index contributed by atoms with van der Waals surface area (Å²) in [5.41, 5.74) is 1.56. The maximum atomic E-state index is 12.3. The molecule has 2 aromatic carbocycles. The summed E-state index contributed by atoms with van der Waals surface area (Å²) < 4.78 is 11.2. The summed E-state index contributed by atoms with van der Waals surface area (Å²) in [6.45, 7) is 7.17. The van der Waals surface area contributed by atoms with Crippen molar-refractivity contribution in [1.29, 1.82) is 0 Å². The molecule has 1 atom stereocenters. The van der Waals surface area contributed by atoms with Gasteiger partial charge in [0.1, 0.15) is 0 Å². The minimum absolute atomic E-state index is 0.0597. The lowest BCUT2D eigenvalue weighted by Gasteiger charge is -2.18. The third-order valence-corrected chi connectivity index (χ3v) is 4.54. The van der Waals surface area contributed by atoms with Crippen molar-refractivity contribution in [1.82, 2.24) is 10.6 Å². The van der Waals surface area contributed by atoms with Gasteiger partial charge in [-0.05, 0) is 49.1 Å². The standard InChI is InChI=1S/C24H32N2O4/c1-17(2)16-30-21-13-12-20(15-22(21)29-4)18(3)26-23(27)11-8-14-25-24(28)19-9-6-5-7-10-19/h5-7,9-10,12-13,15,17-18H,8,11,14,16H2,1-4H3,(H,25,28)(H,26,27)/t18-/m0/s1. The second kappa shape index (κ2) is 11.9. The highest BCUT2D eigenvalue weighted by Gasteiger charge is 2.13. The first kappa shape index (κ1) is 23.3. The fourth-order valence-electron chi connectivity index (χ4n) is 2.87. The van der Waals surface area contributed by atoms with E-state index in [1.807, 2.05) is 43.3 Å². The Balaban J connectivity index is 1.78. The summed E-state index contributed by atoms with van der Waals surface area (Å²) in [4.78, 5) is 24.3. The molecule has 0 aliphatic rings. The third kappa shape index (κ3) is 7.43. The average Bonchev–Trinajstić information content (AvgIpc) is 2.75. The topological polar surface area (TPSA) is 76.7 Å². The molecule has 162 valence electrons. The zero-order valence-corrected chi connectivity index (χ0v) is 18.2. The average molecular weight is 413 g/mol. The van der Waals surface area contributed by atoms with Crippen LogP contribution in [0, 0.1) is 5.92 Å². The molecule has 2 N–H and O–H groups in total. The van der Waals surface area contributed by atoms with Gasteiger partial charge in [0.15, 0.2) is 11.5 Å². The maximum absolute atomic E-state index is 12.3. The molecule has 2 rings (SSSR count).